The van der Waals surface area contributed by atoms with Gasteiger partial charge in [-0.2, -0.15) is 5.10 Å². The number of aliphatic hydroxyl groups is 1. The third-order valence-electron chi connectivity index (χ3n) is 1.34. The molecule has 0 unspecified atom stereocenters. The summed E-state index contributed by atoms with van der Waals surface area (Å²) in [4.78, 5) is 0. The lowest BCUT2D eigenvalue weighted by Gasteiger charge is -1.94. The highest BCUT2D eigenvalue weighted by molar-refractivity contribution is 5.39. The van der Waals surface area contributed by atoms with E-state index in [0.717, 1.165) is 18.5 Å². The number of nitrogens with zero attached hydrogens (tertiary/aromatic N) is 1. The summed E-state index contributed by atoms with van der Waals surface area (Å²) in [5, 5.41) is 15.0. The van der Waals surface area contributed by atoms with Crippen LogP contribution in [0.4, 0.5) is 5.69 Å². The minimum Gasteiger partial charge on any atom is -0.396 e. The monoisotopic (exact) mass is 141 g/mol. The van der Waals surface area contributed by atoms with Gasteiger partial charge in [0.15, 0.2) is 0 Å². The molecular weight excluding hydrogens is 130 g/mol. The van der Waals surface area contributed by atoms with Gasteiger partial charge in [-0.1, -0.05) is 0 Å². The van der Waals surface area contributed by atoms with Crippen LogP contribution in [-0.2, 0) is 6.42 Å². The topological polar surface area (TPSA) is 74.9 Å². The van der Waals surface area contributed by atoms with Gasteiger partial charge < -0.3 is 10.8 Å². The lowest BCUT2D eigenvalue weighted by Crippen LogP contribution is -1.94. The quantitative estimate of drug-likeness (QED) is 0.551. The normalized spacial score (nSPS) is 10.1. The van der Waals surface area contributed by atoms with Gasteiger partial charge in [-0.3, -0.25) is 5.10 Å². The first-order valence-electron chi connectivity index (χ1n) is 3.23. The fraction of sp³-hybridized carbons (Fsp3) is 0.500. The van der Waals surface area contributed by atoms with Crippen molar-refractivity contribution < 1.29 is 5.11 Å². The van der Waals surface area contributed by atoms with Crippen LogP contribution >= 0.6 is 0 Å². The Balaban J connectivity index is 2.49. The summed E-state index contributed by atoms with van der Waals surface area (Å²) in [6.45, 7) is 0.193. The lowest BCUT2D eigenvalue weighted by molar-refractivity contribution is 0.288. The van der Waals surface area contributed by atoms with E-state index in [1.54, 1.807) is 6.20 Å². The predicted octanol–water partition coefficient (Wildman–Crippen LogP) is -0.0832. The van der Waals surface area contributed by atoms with Crippen LogP contribution in [0.1, 0.15) is 12.1 Å². The van der Waals surface area contributed by atoms with E-state index in [1.165, 1.54) is 0 Å². The molecule has 0 saturated carbocycles. The zero-order chi connectivity index (χ0) is 7.40. The van der Waals surface area contributed by atoms with Crippen molar-refractivity contribution in [3.63, 3.8) is 0 Å². The van der Waals surface area contributed by atoms with Crippen LogP contribution in [0, 0.1) is 0 Å². The molecule has 1 aromatic heterocycles. The zero-order valence-electron chi connectivity index (χ0n) is 5.67. The van der Waals surface area contributed by atoms with Crippen molar-refractivity contribution >= 4 is 5.69 Å². The Labute approximate surface area is 59.1 Å². The summed E-state index contributed by atoms with van der Waals surface area (Å²) in [5.74, 6) is 0. The van der Waals surface area contributed by atoms with E-state index in [0.29, 0.717) is 5.69 Å². The molecule has 1 aromatic rings. The van der Waals surface area contributed by atoms with Gasteiger partial charge in [0.05, 0.1) is 17.6 Å². The molecule has 0 bridgehead atoms. The Bertz CT molecular complexity index is 197. The number of nitrogens with two attached hydrogens (primary N) is 1. The third-order valence-corrected chi connectivity index (χ3v) is 1.34. The summed E-state index contributed by atoms with van der Waals surface area (Å²) < 4.78 is 0. The molecule has 4 heteroatoms. The molecular formula is C6H11N3O. The molecule has 4 N–H and O–H groups in total. The van der Waals surface area contributed by atoms with Crippen molar-refractivity contribution in [3.8, 4) is 0 Å². The summed E-state index contributed by atoms with van der Waals surface area (Å²) in [5.41, 5.74) is 7.09. The first-order valence-corrected chi connectivity index (χ1v) is 3.23. The second kappa shape index (κ2) is 3.22. The fourth-order valence-corrected chi connectivity index (χ4v) is 0.778. The molecule has 0 amide bonds. The van der Waals surface area contributed by atoms with Gasteiger partial charge >= 0.3 is 0 Å². The number of nitrogens with one attached hydrogen (secondary N) is 1. The zero-order valence-corrected chi connectivity index (χ0v) is 5.67. The van der Waals surface area contributed by atoms with Crippen LogP contribution in [0.15, 0.2) is 6.20 Å². The third kappa shape index (κ3) is 1.48. The molecule has 0 aliphatic rings. The second-order valence-electron chi connectivity index (χ2n) is 2.13. The number of aryl methyl sites for hydroxylation is 1. The Morgan fingerprint density at radius 2 is 2.50 bits per heavy atom. The number of aliphatic hydroxyl groups excluding tert-OH is 1. The predicted molar refractivity (Wildman–Crippen MR) is 38.4 cm³/mol. The summed E-state index contributed by atoms with van der Waals surface area (Å²) in [7, 11) is 0. The van der Waals surface area contributed by atoms with Crippen molar-refractivity contribution in [2.24, 2.45) is 0 Å². The summed E-state index contributed by atoms with van der Waals surface area (Å²) >= 11 is 0. The molecule has 4 nitrogen and oxygen atoms in total. The van der Waals surface area contributed by atoms with Crippen molar-refractivity contribution in [1.82, 2.24) is 10.2 Å². The van der Waals surface area contributed by atoms with E-state index in [2.05, 4.69) is 10.2 Å². The summed E-state index contributed by atoms with van der Waals surface area (Å²) in [6, 6.07) is 0. The number of hydrogen-bond donors (Lipinski definition) is 3. The highest BCUT2D eigenvalue weighted by Gasteiger charge is 1.98. The van der Waals surface area contributed by atoms with Crippen LogP contribution in [0.3, 0.4) is 0 Å². The number of rotatable bonds is 3. The van der Waals surface area contributed by atoms with Gasteiger partial charge in [0.1, 0.15) is 0 Å². The van der Waals surface area contributed by atoms with Gasteiger partial charge in [0.2, 0.25) is 0 Å². The average Bonchev–Trinajstić information content (AvgIpc) is 2.31. The molecule has 0 spiro atoms. The molecule has 10 heavy (non-hydrogen) atoms. The smallest absolute Gasteiger partial charge is 0.0730 e. The molecule has 0 aliphatic carbocycles. The summed E-state index contributed by atoms with van der Waals surface area (Å²) in [6.07, 6.45) is 3.07. The number of hydrogen-bond acceptors (Lipinski definition) is 3. The second-order valence-corrected chi connectivity index (χ2v) is 2.13. The van der Waals surface area contributed by atoms with Crippen LogP contribution in [0.25, 0.3) is 0 Å². The minimum atomic E-state index is 0.193. The van der Waals surface area contributed by atoms with Gasteiger partial charge in [-0.05, 0) is 12.8 Å². The van der Waals surface area contributed by atoms with E-state index >= 15 is 0 Å². The van der Waals surface area contributed by atoms with Gasteiger partial charge in [0, 0.05) is 6.61 Å². The van der Waals surface area contributed by atoms with Crippen LogP contribution < -0.4 is 5.73 Å². The molecule has 56 valence electrons. The van der Waals surface area contributed by atoms with Crippen molar-refractivity contribution in [3.05, 3.63) is 11.9 Å². The number of anilines is 1. The number of aromatic amines is 1. The maximum Gasteiger partial charge on any atom is 0.0730 e. The van der Waals surface area contributed by atoms with Gasteiger partial charge in [-0.25, -0.2) is 0 Å². The highest BCUT2D eigenvalue weighted by atomic mass is 16.2. The molecule has 1 rings (SSSR count). The van der Waals surface area contributed by atoms with E-state index in [4.69, 9.17) is 10.8 Å². The maximum absolute atomic E-state index is 8.48. The Hall–Kier alpha value is -1.03. The first kappa shape index (κ1) is 7.08. The van der Waals surface area contributed by atoms with Crippen molar-refractivity contribution in [2.45, 2.75) is 12.8 Å². The van der Waals surface area contributed by atoms with E-state index in [9.17, 15) is 0 Å². The van der Waals surface area contributed by atoms with E-state index in [-0.39, 0.29) is 6.61 Å². The Morgan fingerprint density at radius 1 is 1.70 bits per heavy atom. The lowest BCUT2D eigenvalue weighted by atomic mass is 10.2. The van der Waals surface area contributed by atoms with Crippen LogP contribution in [0.5, 0.6) is 0 Å². The maximum atomic E-state index is 8.48. The molecule has 0 saturated heterocycles. The van der Waals surface area contributed by atoms with Gasteiger partial charge in [0.25, 0.3) is 0 Å². The van der Waals surface area contributed by atoms with Gasteiger partial charge in [-0.15, -0.1) is 0 Å². The van der Waals surface area contributed by atoms with E-state index < -0.39 is 0 Å². The Morgan fingerprint density at radius 3 is 3.00 bits per heavy atom. The molecule has 0 radical (unpaired) electrons. The molecule has 0 aliphatic heterocycles. The highest BCUT2D eigenvalue weighted by Crippen LogP contribution is 2.07. The minimum absolute atomic E-state index is 0.193. The van der Waals surface area contributed by atoms with Crippen LogP contribution in [0.2, 0.25) is 0 Å². The van der Waals surface area contributed by atoms with Crippen molar-refractivity contribution in [2.75, 3.05) is 12.3 Å². The Kier molecular flexibility index (Phi) is 2.28. The SMILES string of the molecule is Nc1cn[nH]c1CCCO. The molecule has 0 fully saturated rings. The number of nitrogen functional groups attached to an aromatic ring is 1. The van der Waals surface area contributed by atoms with Crippen LogP contribution in [-0.4, -0.2) is 21.9 Å². The number of H-pyrrole nitrogens is 1. The van der Waals surface area contributed by atoms with E-state index in [1.807, 2.05) is 0 Å². The number of aromatic nitrogens is 2. The standard InChI is InChI=1S/C6H11N3O/c7-5-4-8-9-6(5)2-1-3-10/h4,10H,1-3,7H2,(H,8,9). The average molecular weight is 141 g/mol. The molecule has 1 heterocycles. The largest absolute Gasteiger partial charge is 0.396 e. The molecule has 0 atom stereocenters. The first-order chi connectivity index (χ1) is 4.84. The van der Waals surface area contributed by atoms with Crippen molar-refractivity contribution in [1.29, 1.82) is 0 Å². The molecule has 0 aromatic carbocycles. The fourth-order valence-electron chi connectivity index (χ4n) is 0.778.